The van der Waals surface area contributed by atoms with Crippen LogP contribution in [-0.4, -0.2) is 107 Å². The van der Waals surface area contributed by atoms with E-state index in [-0.39, 0.29) is 18.4 Å². The molecule has 3 aliphatic heterocycles. The van der Waals surface area contributed by atoms with Gasteiger partial charge in [0, 0.05) is 44.8 Å². The molecular formula is C35H47N7O6. The number of hydrogen-bond donors (Lipinski definition) is 4. The molecule has 0 aliphatic carbocycles. The Hall–Kier alpha value is -4.81. The number of carbonyl (C=O) groups excluding carboxylic acids is 4. The highest BCUT2D eigenvalue weighted by Crippen LogP contribution is 2.39. The number of benzene rings is 2. The number of carboxylic acid groups (broad SMARTS) is 1. The van der Waals surface area contributed by atoms with E-state index in [1.165, 1.54) is 0 Å². The molecule has 3 saturated heterocycles. The zero-order chi connectivity index (χ0) is 34.3. The van der Waals surface area contributed by atoms with Gasteiger partial charge in [0.15, 0.2) is 0 Å². The van der Waals surface area contributed by atoms with Crippen molar-refractivity contribution in [2.75, 3.05) is 50.8 Å². The fourth-order valence-electron chi connectivity index (χ4n) is 7.15. The third-order valence-electron chi connectivity index (χ3n) is 9.94. The maximum absolute atomic E-state index is 13.7. The van der Waals surface area contributed by atoms with E-state index in [0.29, 0.717) is 71.5 Å². The number of piperidine rings is 2. The van der Waals surface area contributed by atoms with Crippen LogP contribution in [0.4, 0.5) is 15.3 Å². The largest absolute Gasteiger partial charge is 0.480 e. The van der Waals surface area contributed by atoms with Crippen LogP contribution in [-0.2, 0) is 19.9 Å². The average molecular weight is 662 g/mol. The minimum absolute atomic E-state index is 0.0772. The SMILES string of the molecule is CCCN1CN(c2ccccc2)C2(CCN(C(=O)NCC(NC(=O)N3CCC(NC(=O)CC)(c4ccccc4)CC3)C(=O)O)CC2)C1=O. The molecule has 3 aliphatic rings. The van der Waals surface area contributed by atoms with E-state index in [2.05, 4.69) is 20.9 Å². The molecule has 3 fully saturated rings. The van der Waals surface area contributed by atoms with Gasteiger partial charge in [0.2, 0.25) is 11.8 Å². The maximum atomic E-state index is 13.7. The predicted molar refractivity (Wildman–Crippen MR) is 180 cm³/mol. The summed E-state index contributed by atoms with van der Waals surface area (Å²) in [5.41, 5.74) is 0.572. The van der Waals surface area contributed by atoms with Crippen LogP contribution in [0.5, 0.6) is 0 Å². The van der Waals surface area contributed by atoms with E-state index in [9.17, 15) is 29.1 Å². The number of carbonyl (C=O) groups is 5. The second kappa shape index (κ2) is 15.0. The highest BCUT2D eigenvalue weighted by Gasteiger charge is 2.54. The number of likely N-dealkylation sites (tertiary alicyclic amines) is 2. The number of urea groups is 2. The van der Waals surface area contributed by atoms with Crippen molar-refractivity contribution in [3.8, 4) is 0 Å². The number of hydrogen-bond acceptors (Lipinski definition) is 6. The molecule has 13 heteroatoms. The lowest BCUT2D eigenvalue weighted by Crippen LogP contribution is -2.60. The molecule has 258 valence electrons. The van der Waals surface area contributed by atoms with Crippen molar-refractivity contribution in [2.45, 2.75) is 69.5 Å². The standard InChI is InChI=1S/C35H47N7O6/c1-3-19-41-25-42(27-13-9-6-10-14-27)35(31(41)46)17-22-39(23-18-35)32(47)36-24-28(30(44)45)37-33(48)40-20-15-34(16-21-40,38-29(43)4-2)26-11-7-5-8-12-26/h5-14,28H,3-4,15-25H2,1-2H3,(H,36,47)(H,37,48)(H,38,43)(H,44,45). The predicted octanol–water partition coefficient (Wildman–Crippen LogP) is 2.93. The molecule has 5 rings (SSSR count). The number of carboxylic acids is 1. The van der Waals surface area contributed by atoms with Crippen molar-refractivity contribution in [1.29, 1.82) is 0 Å². The first kappa shape index (κ1) is 34.5. The van der Waals surface area contributed by atoms with Gasteiger partial charge in [0.25, 0.3) is 0 Å². The molecule has 2 aromatic carbocycles. The van der Waals surface area contributed by atoms with E-state index < -0.39 is 35.2 Å². The lowest BCUT2D eigenvalue weighted by atomic mass is 9.80. The Bertz CT molecular complexity index is 1460. The van der Waals surface area contributed by atoms with Crippen LogP contribution in [0, 0.1) is 0 Å². The van der Waals surface area contributed by atoms with Crippen molar-refractivity contribution in [1.82, 2.24) is 30.7 Å². The van der Waals surface area contributed by atoms with E-state index in [4.69, 9.17) is 0 Å². The van der Waals surface area contributed by atoms with E-state index in [0.717, 1.165) is 17.7 Å². The van der Waals surface area contributed by atoms with Gasteiger partial charge in [-0.05, 0) is 49.8 Å². The molecule has 1 atom stereocenters. The van der Waals surface area contributed by atoms with Crippen LogP contribution in [0.3, 0.4) is 0 Å². The quantitative estimate of drug-likeness (QED) is 0.305. The van der Waals surface area contributed by atoms with Gasteiger partial charge in [0.1, 0.15) is 11.6 Å². The highest BCUT2D eigenvalue weighted by molar-refractivity contribution is 5.94. The number of para-hydroxylation sites is 1. The molecule has 4 N–H and O–H groups in total. The van der Waals surface area contributed by atoms with Crippen LogP contribution >= 0.6 is 0 Å². The fourth-order valence-corrected chi connectivity index (χ4v) is 7.15. The molecule has 0 radical (unpaired) electrons. The fraction of sp³-hybridized carbons (Fsp3) is 0.514. The smallest absolute Gasteiger partial charge is 0.328 e. The number of rotatable bonds is 10. The zero-order valence-electron chi connectivity index (χ0n) is 27.8. The Kier molecular flexibility index (Phi) is 10.8. The van der Waals surface area contributed by atoms with Gasteiger partial charge in [-0.2, -0.15) is 0 Å². The number of aliphatic carboxylic acids is 1. The summed E-state index contributed by atoms with van der Waals surface area (Å²) in [5.74, 6) is -1.27. The Morgan fingerprint density at radius 1 is 0.833 bits per heavy atom. The second-order valence-corrected chi connectivity index (χ2v) is 12.9. The van der Waals surface area contributed by atoms with Gasteiger partial charge >= 0.3 is 18.0 Å². The minimum Gasteiger partial charge on any atom is -0.480 e. The van der Waals surface area contributed by atoms with Crippen molar-refractivity contribution in [3.05, 3.63) is 66.2 Å². The van der Waals surface area contributed by atoms with Crippen molar-refractivity contribution >= 4 is 35.5 Å². The number of nitrogens with one attached hydrogen (secondary N) is 3. The molecular weight excluding hydrogens is 614 g/mol. The van der Waals surface area contributed by atoms with E-state index in [1.54, 1.807) is 16.7 Å². The van der Waals surface area contributed by atoms with Crippen LogP contribution in [0.2, 0.25) is 0 Å². The molecule has 6 amide bonds. The topological polar surface area (TPSA) is 155 Å². The third-order valence-corrected chi connectivity index (χ3v) is 9.94. The lowest BCUT2D eigenvalue weighted by molar-refractivity contribution is -0.139. The third kappa shape index (κ3) is 7.19. The van der Waals surface area contributed by atoms with Gasteiger partial charge in [-0.25, -0.2) is 14.4 Å². The summed E-state index contributed by atoms with van der Waals surface area (Å²) in [5, 5.41) is 18.3. The summed E-state index contributed by atoms with van der Waals surface area (Å²) >= 11 is 0. The molecule has 0 aromatic heterocycles. The first-order valence-electron chi connectivity index (χ1n) is 16.9. The minimum atomic E-state index is -1.34. The Labute approximate surface area is 281 Å². The van der Waals surface area contributed by atoms with Gasteiger partial charge in [-0.3, -0.25) is 9.59 Å². The van der Waals surface area contributed by atoms with E-state index in [1.807, 2.05) is 72.5 Å². The van der Waals surface area contributed by atoms with Crippen LogP contribution in [0.15, 0.2) is 60.7 Å². The summed E-state index contributed by atoms with van der Waals surface area (Å²) in [6, 6.07) is 17.2. The molecule has 3 heterocycles. The summed E-state index contributed by atoms with van der Waals surface area (Å²) in [6.07, 6.45) is 3.04. The van der Waals surface area contributed by atoms with Crippen molar-refractivity contribution < 1.29 is 29.1 Å². The number of amides is 6. The number of nitrogens with zero attached hydrogens (tertiary/aromatic N) is 4. The van der Waals surface area contributed by atoms with Gasteiger partial charge in [-0.1, -0.05) is 62.4 Å². The van der Waals surface area contributed by atoms with Crippen molar-refractivity contribution in [2.24, 2.45) is 0 Å². The normalized spacial score (nSPS) is 19.2. The van der Waals surface area contributed by atoms with Gasteiger partial charge < -0.3 is 40.7 Å². The second-order valence-electron chi connectivity index (χ2n) is 12.9. The first-order chi connectivity index (χ1) is 23.1. The number of anilines is 1. The molecule has 48 heavy (non-hydrogen) atoms. The van der Waals surface area contributed by atoms with Crippen LogP contribution < -0.4 is 20.9 Å². The molecule has 2 aromatic rings. The van der Waals surface area contributed by atoms with Crippen LogP contribution in [0.25, 0.3) is 0 Å². The zero-order valence-corrected chi connectivity index (χ0v) is 27.8. The summed E-state index contributed by atoms with van der Waals surface area (Å²) in [7, 11) is 0. The molecule has 1 unspecified atom stereocenters. The van der Waals surface area contributed by atoms with Crippen LogP contribution in [0.1, 0.15) is 57.9 Å². The Morgan fingerprint density at radius 2 is 1.42 bits per heavy atom. The van der Waals surface area contributed by atoms with Crippen molar-refractivity contribution in [3.63, 3.8) is 0 Å². The van der Waals surface area contributed by atoms with Gasteiger partial charge in [0.05, 0.1) is 18.8 Å². The molecule has 13 nitrogen and oxygen atoms in total. The average Bonchev–Trinajstić information content (AvgIpc) is 3.37. The summed E-state index contributed by atoms with van der Waals surface area (Å²) in [4.78, 5) is 71.7. The van der Waals surface area contributed by atoms with E-state index >= 15 is 0 Å². The monoisotopic (exact) mass is 661 g/mol. The maximum Gasteiger partial charge on any atom is 0.328 e. The lowest BCUT2D eigenvalue weighted by Gasteiger charge is -2.43. The molecule has 0 bridgehead atoms. The Morgan fingerprint density at radius 3 is 2.00 bits per heavy atom. The van der Waals surface area contributed by atoms with Gasteiger partial charge in [-0.15, -0.1) is 0 Å². The molecule has 1 spiro atoms. The molecule has 0 saturated carbocycles. The summed E-state index contributed by atoms with van der Waals surface area (Å²) in [6.45, 7) is 5.99. The summed E-state index contributed by atoms with van der Waals surface area (Å²) < 4.78 is 0. The highest BCUT2D eigenvalue weighted by atomic mass is 16.4. The Balaban J connectivity index is 1.15. The first-order valence-corrected chi connectivity index (χ1v) is 16.9.